The van der Waals surface area contributed by atoms with E-state index in [1.54, 1.807) is 37.7 Å². The minimum absolute atomic E-state index is 0.270. The van der Waals surface area contributed by atoms with Crippen LogP contribution in [0.2, 0.25) is 0 Å². The molecule has 2 rings (SSSR count). The van der Waals surface area contributed by atoms with E-state index >= 15 is 0 Å². The Labute approximate surface area is 58.4 Å². The van der Waals surface area contributed by atoms with Crippen molar-refractivity contribution in [2.45, 2.75) is 19.3 Å². The van der Waals surface area contributed by atoms with Crippen LogP contribution in [0.3, 0.4) is 0 Å². The largest absolute Gasteiger partial charge is 0.0621 e. The van der Waals surface area contributed by atoms with Gasteiger partial charge < -0.3 is 0 Å². The van der Waals surface area contributed by atoms with Crippen molar-refractivity contribution in [2.24, 2.45) is 5.92 Å². The smallest absolute Gasteiger partial charge is 0.0434 e. The molecular weight excluding hydrogens is 127 g/mol. The lowest BCUT2D eigenvalue weighted by atomic mass is 10.0. The Balaban J connectivity index is 2.13. The summed E-state index contributed by atoms with van der Waals surface area (Å²) in [5.74, 6) is 1.18. The third-order valence-electron chi connectivity index (χ3n) is 3.09. The fraction of sp³-hybridized carbons (Fsp3) is 1.00. The van der Waals surface area contributed by atoms with Crippen LogP contribution in [0.4, 0.5) is 0 Å². The van der Waals surface area contributed by atoms with Crippen LogP contribution in [-0.2, 0) is 0 Å². The minimum Gasteiger partial charge on any atom is -0.0434 e. The summed E-state index contributed by atoms with van der Waals surface area (Å²) in [6.45, 7) is 2.59. The minimum atomic E-state index is -0.270. The molecule has 0 N–H and O–H groups in total. The maximum atomic E-state index is 2.59. The Kier molecular flexibility index (Phi) is 1.34. The summed E-state index contributed by atoms with van der Waals surface area (Å²) in [6.07, 6.45) is 9.64. The average molecular weight is 143 g/mol. The molecule has 0 spiro atoms. The number of hydrogen-bond donors (Lipinski definition) is 0. The molecule has 2 fully saturated rings. The first-order chi connectivity index (χ1) is 4.29. The van der Waals surface area contributed by atoms with Gasteiger partial charge in [0.2, 0.25) is 0 Å². The third kappa shape index (κ3) is 1.03. The quantitative estimate of drug-likeness (QED) is 0.457. The second-order valence-corrected chi connectivity index (χ2v) is 8.54. The molecule has 52 valence electrons. The van der Waals surface area contributed by atoms with E-state index in [1.165, 1.54) is 5.92 Å². The maximum absolute atomic E-state index is 2.59. The molecule has 2 saturated heterocycles. The molecule has 0 amide bonds. The summed E-state index contributed by atoms with van der Waals surface area (Å²) in [5.41, 5.74) is 0. The van der Waals surface area contributed by atoms with E-state index in [0.717, 1.165) is 0 Å². The maximum Gasteiger partial charge on any atom is 0.0621 e. The molecule has 2 bridgehead atoms. The van der Waals surface area contributed by atoms with Crippen LogP contribution in [0.1, 0.15) is 19.3 Å². The Morgan fingerprint density at radius 1 is 1.22 bits per heavy atom. The van der Waals surface area contributed by atoms with Gasteiger partial charge in [-0.2, -0.15) is 0 Å². The number of fused-ring (bicyclic) bond motifs is 2. The molecule has 2 aliphatic rings. The van der Waals surface area contributed by atoms with Crippen molar-refractivity contribution in [2.75, 3.05) is 25.2 Å². The van der Waals surface area contributed by atoms with Crippen LogP contribution in [0, 0.1) is 5.92 Å². The molecule has 2 unspecified atom stereocenters. The van der Waals surface area contributed by atoms with Gasteiger partial charge in [-0.15, -0.1) is 0 Å². The normalized spacial score (nSPS) is 49.7. The predicted octanol–water partition coefficient (Wildman–Crippen LogP) is 2.45. The summed E-state index contributed by atoms with van der Waals surface area (Å²) in [5, 5.41) is 0. The van der Waals surface area contributed by atoms with Gasteiger partial charge in [0.05, 0.1) is 18.5 Å². The van der Waals surface area contributed by atoms with E-state index in [0.29, 0.717) is 0 Å². The molecular formula is C8H16P+. The molecule has 0 aliphatic carbocycles. The molecule has 2 atom stereocenters. The van der Waals surface area contributed by atoms with Gasteiger partial charge in [0.25, 0.3) is 0 Å². The van der Waals surface area contributed by atoms with Gasteiger partial charge in [-0.05, 0) is 25.2 Å². The van der Waals surface area contributed by atoms with E-state index in [2.05, 4.69) is 6.66 Å². The van der Waals surface area contributed by atoms with Crippen molar-refractivity contribution in [1.82, 2.24) is 0 Å². The van der Waals surface area contributed by atoms with Crippen LogP contribution in [0.15, 0.2) is 0 Å². The Hall–Kier alpha value is 0.430. The molecule has 2 aliphatic heterocycles. The topological polar surface area (TPSA) is 0 Å². The van der Waals surface area contributed by atoms with E-state index in [4.69, 9.17) is 0 Å². The standard InChI is InChI=1S/C8H16P/c1-9-5-2-3-8(7-9)4-6-9/h8H,2-7H2,1H3/q+1. The van der Waals surface area contributed by atoms with Crippen LogP contribution in [-0.4, -0.2) is 25.2 Å². The van der Waals surface area contributed by atoms with Crippen LogP contribution in [0.25, 0.3) is 0 Å². The van der Waals surface area contributed by atoms with Crippen LogP contribution in [0.5, 0.6) is 0 Å². The Bertz CT molecular complexity index is 118. The lowest BCUT2D eigenvalue weighted by Crippen LogP contribution is -2.09. The molecule has 0 saturated carbocycles. The molecule has 0 aromatic carbocycles. The van der Waals surface area contributed by atoms with Gasteiger partial charge in [-0.1, -0.05) is 0 Å². The third-order valence-corrected chi connectivity index (χ3v) is 7.22. The van der Waals surface area contributed by atoms with Crippen LogP contribution < -0.4 is 0 Å². The van der Waals surface area contributed by atoms with Gasteiger partial charge in [0, 0.05) is 13.9 Å². The zero-order valence-corrected chi connectivity index (χ0v) is 7.16. The average Bonchev–Trinajstić information content (AvgIpc) is 2.07. The van der Waals surface area contributed by atoms with Crippen molar-refractivity contribution in [1.29, 1.82) is 0 Å². The van der Waals surface area contributed by atoms with Crippen molar-refractivity contribution in [3.05, 3.63) is 0 Å². The van der Waals surface area contributed by atoms with E-state index in [1.807, 2.05) is 0 Å². The zero-order valence-electron chi connectivity index (χ0n) is 6.27. The summed E-state index contributed by atoms with van der Waals surface area (Å²) >= 11 is 0. The first-order valence-corrected chi connectivity index (χ1v) is 6.91. The highest BCUT2D eigenvalue weighted by molar-refractivity contribution is 7.75. The van der Waals surface area contributed by atoms with Crippen molar-refractivity contribution < 1.29 is 0 Å². The molecule has 1 heteroatoms. The highest BCUT2D eigenvalue weighted by atomic mass is 31.2. The highest BCUT2D eigenvalue weighted by Crippen LogP contribution is 2.65. The molecule has 0 radical (unpaired) electrons. The monoisotopic (exact) mass is 143 g/mol. The molecule has 9 heavy (non-hydrogen) atoms. The zero-order chi connectivity index (χ0) is 6.32. The fourth-order valence-corrected chi connectivity index (χ4v) is 6.64. The molecule has 0 aromatic rings. The summed E-state index contributed by atoms with van der Waals surface area (Å²) < 4.78 is 0. The molecule has 0 nitrogen and oxygen atoms in total. The van der Waals surface area contributed by atoms with Crippen molar-refractivity contribution in [3.8, 4) is 0 Å². The van der Waals surface area contributed by atoms with E-state index in [-0.39, 0.29) is 7.26 Å². The number of hydrogen-bond acceptors (Lipinski definition) is 0. The summed E-state index contributed by atoms with van der Waals surface area (Å²) in [7, 11) is -0.270. The van der Waals surface area contributed by atoms with Crippen molar-refractivity contribution in [3.63, 3.8) is 0 Å². The van der Waals surface area contributed by atoms with Gasteiger partial charge in [0.1, 0.15) is 0 Å². The van der Waals surface area contributed by atoms with Gasteiger partial charge in [-0.25, -0.2) is 0 Å². The van der Waals surface area contributed by atoms with Crippen LogP contribution >= 0.6 is 7.26 Å². The summed E-state index contributed by atoms with van der Waals surface area (Å²) in [6, 6.07) is 0. The van der Waals surface area contributed by atoms with Gasteiger partial charge in [-0.3, -0.25) is 0 Å². The highest BCUT2D eigenvalue weighted by Gasteiger charge is 2.44. The second-order valence-electron chi connectivity index (χ2n) is 4.05. The first-order valence-electron chi connectivity index (χ1n) is 4.12. The van der Waals surface area contributed by atoms with Gasteiger partial charge in [0.15, 0.2) is 0 Å². The second kappa shape index (κ2) is 1.95. The van der Waals surface area contributed by atoms with Gasteiger partial charge >= 0.3 is 0 Å². The molecule has 0 aromatic heterocycles. The Morgan fingerprint density at radius 2 is 2.11 bits per heavy atom. The Morgan fingerprint density at radius 3 is 2.78 bits per heavy atom. The lowest BCUT2D eigenvalue weighted by Gasteiger charge is -2.21. The summed E-state index contributed by atoms with van der Waals surface area (Å²) in [4.78, 5) is 0. The van der Waals surface area contributed by atoms with Crippen molar-refractivity contribution >= 4 is 7.26 Å². The molecule has 2 heterocycles. The predicted molar refractivity (Wildman–Crippen MR) is 44.8 cm³/mol. The first kappa shape index (κ1) is 6.16. The van der Waals surface area contributed by atoms with E-state index in [9.17, 15) is 0 Å². The van der Waals surface area contributed by atoms with E-state index < -0.39 is 0 Å². The SMILES string of the molecule is C[P+]12CCCC(CC1)C2. The fourth-order valence-electron chi connectivity index (χ4n) is 2.50. The lowest BCUT2D eigenvalue weighted by molar-refractivity contribution is 0.532. The number of rotatable bonds is 0.